The lowest BCUT2D eigenvalue weighted by molar-refractivity contribution is 0.0936. The second kappa shape index (κ2) is 4.41. The fourth-order valence-electron chi connectivity index (χ4n) is 1.39. The lowest BCUT2D eigenvalue weighted by Gasteiger charge is -2.14. The fourth-order valence-corrected chi connectivity index (χ4v) is 2.63. The van der Waals surface area contributed by atoms with Crippen molar-refractivity contribution in [1.82, 2.24) is 5.32 Å². The summed E-state index contributed by atoms with van der Waals surface area (Å²) in [6.45, 7) is 0. The van der Waals surface area contributed by atoms with Crippen LogP contribution in [0.25, 0.3) is 0 Å². The number of carbonyl (C=O) groups excluding carboxylic acids is 1. The van der Waals surface area contributed by atoms with Crippen molar-refractivity contribution >= 4 is 44.4 Å². The number of hydrogen-bond acceptors (Lipinski definition) is 1. The minimum atomic E-state index is 0.0262. The predicted molar refractivity (Wildman–Crippen MR) is 72.4 cm³/mol. The van der Waals surface area contributed by atoms with Crippen molar-refractivity contribution in [2.24, 2.45) is 0 Å². The molecule has 0 heterocycles. The van der Waals surface area contributed by atoms with E-state index in [1.165, 1.54) is 0 Å². The molecule has 0 atom stereocenters. The molecule has 15 heavy (non-hydrogen) atoms. The third-order valence-corrected chi connectivity index (χ3v) is 4.32. The van der Waals surface area contributed by atoms with Crippen LogP contribution >= 0.6 is 38.5 Å². The van der Waals surface area contributed by atoms with Gasteiger partial charge in [0.15, 0.2) is 0 Å². The van der Waals surface area contributed by atoms with Gasteiger partial charge in [-0.25, -0.2) is 0 Å². The van der Waals surface area contributed by atoms with Gasteiger partial charge in [0, 0.05) is 14.5 Å². The summed E-state index contributed by atoms with van der Waals surface area (Å²) >= 11 is 5.64. The zero-order valence-electron chi connectivity index (χ0n) is 8.09. The molecule has 2 rings (SSSR count). The maximum absolute atomic E-state index is 11.9. The molecule has 4 heteroatoms. The van der Waals surface area contributed by atoms with Crippen molar-refractivity contribution < 1.29 is 4.79 Å². The number of carbonyl (C=O) groups is 1. The molecule has 2 nitrogen and oxygen atoms in total. The van der Waals surface area contributed by atoms with E-state index in [0.717, 1.165) is 27.3 Å². The van der Waals surface area contributed by atoms with E-state index in [9.17, 15) is 4.79 Å². The van der Waals surface area contributed by atoms with Gasteiger partial charge in [0.25, 0.3) is 5.91 Å². The van der Waals surface area contributed by atoms with Gasteiger partial charge in [0.2, 0.25) is 0 Å². The first kappa shape index (κ1) is 11.4. The maximum atomic E-state index is 11.9. The topological polar surface area (TPSA) is 29.1 Å². The van der Waals surface area contributed by atoms with Crippen molar-refractivity contribution in [3.63, 3.8) is 0 Å². The molecule has 1 saturated carbocycles. The molecule has 1 aromatic rings. The van der Waals surface area contributed by atoms with Crippen LogP contribution in [0.2, 0.25) is 0 Å². The van der Waals surface area contributed by atoms with Gasteiger partial charge in [-0.15, -0.1) is 0 Å². The van der Waals surface area contributed by atoms with Crippen LogP contribution in [0.1, 0.15) is 23.2 Å². The van der Waals surface area contributed by atoms with Gasteiger partial charge in [-0.05, 0) is 53.6 Å². The Labute approximate surface area is 111 Å². The van der Waals surface area contributed by atoms with E-state index in [2.05, 4.69) is 43.8 Å². The van der Waals surface area contributed by atoms with E-state index in [4.69, 9.17) is 0 Å². The average molecular weight is 380 g/mol. The molecule has 0 radical (unpaired) electrons. The molecule has 1 aliphatic rings. The first-order chi connectivity index (χ1) is 7.15. The molecule has 1 aliphatic carbocycles. The van der Waals surface area contributed by atoms with E-state index in [0.29, 0.717) is 0 Å². The van der Waals surface area contributed by atoms with E-state index >= 15 is 0 Å². The lowest BCUT2D eigenvalue weighted by Crippen LogP contribution is -2.38. The number of alkyl halides is 1. The van der Waals surface area contributed by atoms with E-state index < -0.39 is 0 Å². The summed E-state index contributed by atoms with van der Waals surface area (Å²) < 4.78 is 1.09. The van der Waals surface area contributed by atoms with Crippen molar-refractivity contribution in [3.05, 3.63) is 33.4 Å². The van der Waals surface area contributed by atoms with Gasteiger partial charge in [-0.1, -0.05) is 22.0 Å². The molecular weight excluding hydrogens is 369 g/mol. The molecule has 0 aliphatic heterocycles. The van der Waals surface area contributed by atoms with Crippen LogP contribution in [-0.2, 0) is 0 Å². The second-order valence-electron chi connectivity index (χ2n) is 3.88. The van der Waals surface area contributed by atoms with Gasteiger partial charge < -0.3 is 5.32 Å². The summed E-state index contributed by atoms with van der Waals surface area (Å²) in [6.07, 6.45) is 2.15. The Hall–Kier alpha value is -0.100. The highest BCUT2D eigenvalue weighted by Gasteiger charge is 2.42. The second-order valence-corrected chi connectivity index (χ2v) is 5.68. The standard InChI is InChI=1S/C11H11BrINO/c12-7-11(4-5-11)14-10(15)8-2-1-3-9(13)6-8/h1-3,6H,4-5,7H2,(H,14,15). The minimum absolute atomic E-state index is 0.0262. The van der Waals surface area contributed by atoms with E-state index in [1.807, 2.05) is 24.3 Å². The van der Waals surface area contributed by atoms with E-state index in [1.54, 1.807) is 0 Å². The van der Waals surface area contributed by atoms with Gasteiger partial charge >= 0.3 is 0 Å². The molecule has 1 N–H and O–H groups in total. The average Bonchev–Trinajstić information content (AvgIpc) is 2.98. The molecule has 0 spiro atoms. The number of rotatable bonds is 3. The Morgan fingerprint density at radius 1 is 1.53 bits per heavy atom. The van der Waals surface area contributed by atoms with Crippen LogP contribution < -0.4 is 5.32 Å². The van der Waals surface area contributed by atoms with Gasteiger partial charge in [-0.2, -0.15) is 0 Å². The van der Waals surface area contributed by atoms with Crippen molar-refractivity contribution in [2.75, 3.05) is 5.33 Å². The number of benzene rings is 1. The van der Waals surface area contributed by atoms with Crippen LogP contribution in [0.15, 0.2) is 24.3 Å². The molecule has 1 fully saturated rings. The minimum Gasteiger partial charge on any atom is -0.346 e. The fraction of sp³-hybridized carbons (Fsp3) is 0.364. The zero-order valence-corrected chi connectivity index (χ0v) is 11.8. The zero-order chi connectivity index (χ0) is 10.9. The third-order valence-electron chi connectivity index (χ3n) is 2.57. The summed E-state index contributed by atoms with van der Waals surface area (Å²) in [5.41, 5.74) is 0.771. The number of halogens is 2. The Morgan fingerprint density at radius 2 is 2.27 bits per heavy atom. The number of nitrogens with one attached hydrogen (secondary N) is 1. The molecule has 0 unspecified atom stereocenters. The molecule has 1 aromatic carbocycles. The Morgan fingerprint density at radius 3 is 2.80 bits per heavy atom. The highest BCUT2D eigenvalue weighted by Crippen LogP contribution is 2.37. The Bertz CT molecular complexity index is 390. The van der Waals surface area contributed by atoms with Gasteiger partial charge in [0.1, 0.15) is 0 Å². The normalized spacial score (nSPS) is 17.2. The molecule has 0 bridgehead atoms. The smallest absolute Gasteiger partial charge is 0.251 e. The first-order valence-corrected chi connectivity index (χ1v) is 6.99. The molecule has 0 aromatic heterocycles. The van der Waals surface area contributed by atoms with Crippen molar-refractivity contribution in [1.29, 1.82) is 0 Å². The SMILES string of the molecule is O=C(NC1(CBr)CC1)c1cccc(I)c1. The quantitative estimate of drug-likeness (QED) is 0.635. The van der Waals surface area contributed by atoms with Gasteiger partial charge in [0.05, 0.1) is 5.54 Å². The van der Waals surface area contributed by atoms with Crippen LogP contribution in [0.5, 0.6) is 0 Å². The monoisotopic (exact) mass is 379 g/mol. The Kier molecular flexibility index (Phi) is 3.35. The summed E-state index contributed by atoms with van der Waals surface area (Å²) in [5, 5.41) is 3.91. The van der Waals surface area contributed by atoms with Crippen LogP contribution in [0, 0.1) is 3.57 Å². The van der Waals surface area contributed by atoms with Crippen LogP contribution in [0.4, 0.5) is 0 Å². The summed E-state index contributed by atoms with van der Waals surface area (Å²) in [6, 6.07) is 7.64. The summed E-state index contributed by atoms with van der Waals surface area (Å²) in [7, 11) is 0. The highest BCUT2D eigenvalue weighted by molar-refractivity contribution is 14.1. The molecule has 0 saturated heterocycles. The lowest BCUT2D eigenvalue weighted by atomic mass is 10.2. The molecule has 1 amide bonds. The summed E-state index contributed by atoms with van der Waals surface area (Å²) in [5.74, 6) is 0.0328. The largest absolute Gasteiger partial charge is 0.346 e. The highest BCUT2D eigenvalue weighted by atomic mass is 127. The molecular formula is C11H11BrINO. The van der Waals surface area contributed by atoms with Crippen molar-refractivity contribution in [2.45, 2.75) is 18.4 Å². The van der Waals surface area contributed by atoms with Gasteiger partial charge in [-0.3, -0.25) is 4.79 Å². The third kappa shape index (κ3) is 2.72. The van der Waals surface area contributed by atoms with Crippen LogP contribution in [0.3, 0.4) is 0 Å². The number of hydrogen-bond donors (Lipinski definition) is 1. The maximum Gasteiger partial charge on any atom is 0.251 e. The number of amides is 1. The first-order valence-electron chi connectivity index (χ1n) is 4.79. The Balaban J connectivity index is 2.08. The summed E-state index contributed by atoms with van der Waals surface area (Å²) in [4.78, 5) is 11.9. The van der Waals surface area contributed by atoms with Crippen LogP contribution in [-0.4, -0.2) is 16.8 Å². The predicted octanol–water partition coefficient (Wildman–Crippen LogP) is 2.95. The molecule has 80 valence electrons. The van der Waals surface area contributed by atoms with Crippen molar-refractivity contribution in [3.8, 4) is 0 Å². The van der Waals surface area contributed by atoms with E-state index in [-0.39, 0.29) is 11.4 Å².